The van der Waals surface area contributed by atoms with Crippen LogP contribution in [0, 0.1) is 5.92 Å². The maximum absolute atomic E-state index is 12.4. The van der Waals surface area contributed by atoms with Crippen LogP contribution in [-0.4, -0.2) is 35.5 Å². The number of nitrogens with one attached hydrogen (secondary N) is 1. The second-order valence-electron chi connectivity index (χ2n) is 6.20. The van der Waals surface area contributed by atoms with Crippen LogP contribution >= 0.6 is 11.3 Å². The second-order valence-corrected chi connectivity index (χ2v) is 7.23. The van der Waals surface area contributed by atoms with Crippen LogP contribution in [0.25, 0.3) is 0 Å². The molecule has 1 fully saturated rings. The van der Waals surface area contributed by atoms with Gasteiger partial charge in [0.25, 0.3) is 0 Å². The second kappa shape index (κ2) is 6.27. The third-order valence-electron chi connectivity index (χ3n) is 3.69. The zero-order valence-electron chi connectivity index (χ0n) is 13.8. The average molecular weight is 340 g/mol. The summed E-state index contributed by atoms with van der Waals surface area (Å²) in [6.07, 6.45) is 0.0328. The molecule has 0 aromatic carbocycles. The van der Waals surface area contributed by atoms with Gasteiger partial charge in [0.15, 0.2) is 10.8 Å². The van der Waals surface area contributed by atoms with Crippen molar-refractivity contribution in [1.29, 1.82) is 0 Å². The van der Waals surface area contributed by atoms with E-state index in [2.05, 4.69) is 10.3 Å². The Morgan fingerprint density at radius 1 is 1.43 bits per heavy atom. The minimum atomic E-state index is -0.857. The Labute approximate surface area is 138 Å². The third kappa shape index (κ3) is 3.52. The fraction of sp³-hybridized carbons (Fsp3) is 0.600. The van der Waals surface area contributed by atoms with Crippen molar-refractivity contribution >= 4 is 34.3 Å². The number of methoxy groups -OCH3 is 1. The van der Waals surface area contributed by atoms with Gasteiger partial charge in [0.1, 0.15) is 5.60 Å². The molecule has 7 nitrogen and oxygen atoms in total. The Bertz CT molecular complexity index is 650. The molecule has 0 bridgehead atoms. The molecule has 0 radical (unpaired) electrons. The van der Waals surface area contributed by atoms with Gasteiger partial charge in [0, 0.05) is 4.88 Å². The summed E-state index contributed by atoms with van der Waals surface area (Å²) < 4.78 is 9.87. The molecule has 1 amide bonds. The van der Waals surface area contributed by atoms with Gasteiger partial charge < -0.3 is 14.8 Å². The Morgan fingerprint density at radius 2 is 2.09 bits per heavy atom. The van der Waals surface area contributed by atoms with E-state index in [0.717, 1.165) is 4.88 Å². The summed E-state index contributed by atoms with van der Waals surface area (Å²) in [5.74, 6) is -1.80. The Kier molecular flexibility index (Phi) is 4.74. The van der Waals surface area contributed by atoms with Crippen molar-refractivity contribution in [3.63, 3.8) is 0 Å². The standard InChI is InChI=1S/C15H20N2O5S/c1-7(2)11-10(13(20)21-5)16-14(23-11)17-12(19)8-6-9(18)22-15(8,3)4/h7-8H,6H2,1-5H3,(H,16,17,19)/t8-/m1/s1. The lowest BCUT2D eigenvalue weighted by Gasteiger charge is -2.23. The molecule has 0 saturated carbocycles. The molecule has 126 valence electrons. The number of anilines is 1. The van der Waals surface area contributed by atoms with Crippen LogP contribution in [0.1, 0.15) is 55.4 Å². The first-order valence-electron chi connectivity index (χ1n) is 7.27. The minimum absolute atomic E-state index is 0.0328. The molecule has 1 aromatic rings. The van der Waals surface area contributed by atoms with Gasteiger partial charge >= 0.3 is 11.9 Å². The van der Waals surface area contributed by atoms with Gasteiger partial charge in [0.2, 0.25) is 5.91 Å². The Balaban J connectivity index is 2.22. The summed E-state index contributed by atoms with van der Waals surface area (Å²) in [6, 6.07) is 0. The molecule has 1 N–H and O–H groups in total. The van der Waals surface area contributed by atoms with Crippen LogP contribution < -0.4 is 5.32 Å². The van der Waals surface area contributed by atoms with Gasteiger partial charge in [-0.15, -0.1) is 11.3 Å². The summed E-state index contributed by atoms with van der Waals surface area (Å²) >= 11 is 1.23. The van der Waals surface area contributed by atoms with Gasteiger partial charge in [-0.1, -0.05) is 13.8 Å². The molecule has 1 aromatic heterocycles. The van der Waals surface area contributed by atoms with E-state index in [-0.39, 0.29) is 23.9 Å². The predicted octanol–water partition coefficient (Wildman–Crippen LogP) is 2.33. The van der Waals surface area contributed by atoms with Crippen molar-refractivity contribution in [2.45, 2.75) is 45.6 Å². The zero-order valence-corrected chi connectivity index (χ0v) is 14.6. The van der Waals surface area contributed by atoms with Crippen molar-refractivity contribution in [1.82, 2.24) is 4.98 Å². The third-order valence-corrected chi connectivity index (χ3v) is 4.96. The lowest BCUT2D eigenvalue weighted by molar-refractivity contribution is -0.147. The summed E-state index contributed by atoms with van der Waals surface area (Å²) in [7, 11) is 1.29. The van der Waals surface area contributed by atoms with Crippen LogP contribution in [0.4, 0.5) is 5.13 Å². The van der Waals surface area contributed by atoms with E-state index in [1.54, 1.807) is 13.8 Å². The number of cyclic esters (lactones) is 1. The summed E-state index contributed by atoms with van der Waals surface area (Å²) in [4.78, 5) is 40.5. The number of hydrogen-bond donors (Lipinski definition) is 1. The smallest absolute Gasteiger partial charge is 0.357 e. The first-order chi connectivity index (χ1) is 10.7. The van der Waals surface area contributed by atoms with Crippen LogP contribution in [0.15, 0.2) is 0 Å². The number of nitrogens with zero attached hydrogens (tertiary/aromatic N) is 1. The number of carbonyl (C=O) groups is 3. The van der Waals surface area contributed by atoms with Gasteiger partial charge in [-0.2, -0.15) is 0 Å². The lowest BCUT2D eigenvalue weighted by Crippen LogP contribution is -2.36. The van der Waals surface area contributed by atoms with E-state index in [0.29, 0.717) is 5.13 Å². The maximum Gasteiger partial charge on any atom is 0.357 e. The molecule has 23 heavy (non-hydrogen) atoms. The molecule has 1 atom stereocenters. The molecule has 2 heterocycles. The predicted molar refractivity (Wildman–Crippen MR) is 84.5 cm³/mol. The summed E-state index contributed by atoms with van der Waals surface area (Å²) in [5, 5.41) is 3.00. The quantitative estimate of drug-likeness (QED) is 0.845. The molecular weight excluding hydrogens is 320 g/mol. The van der Waals surface area contributed by atoms with Crippen molar-refractivity contribution in [2.75, 3.05) is 12.4 Å². The topological polar surface area (TPSA) is 94.6 Å². The lowest BCUT2D eigenvalue weighted by atomic mass is 9.90. The highest BCUT2D eigenvalue weighted by molar-refractivity contribution is 7.16. The van der Waals surface area contributed by atoms with Gasteiger partial charge in [-0.25, -0.2) is 9.78 Å². The first kappa shape index (κ1) is 17.4. The van der Waals surface area contributed by atoms with Gasteiger partial charge in [-0.05, 0) is 19.8 Å². The zero-order chi connectivity index (χ0) is 17.4. The Hall–Kier alpha value is -1.96. The number of rotatable bonds is 4. The number of esters is 2. The van der Waals surface area contributed by atoms with E-state index in [1.165, 1.54) is 18.4 Å². The number of hydrogen-bond acceptors (Lipinski definition) is 7. The molecular formula is C15H20N2O5S. The first-order valence-corrected chi connectivity index (χ1v) is 8.09. The fourth-order valence-electron chi connectivity index (χ4n) is 2.44. The molecule has 1 aliphatic heterocycles. The number of carbonyl (C=O) groups excluding carboxylic acids is 3. The highest BCUT2D eigenvalue weighted by Gasteiger charge is 2.46. The molecule has 1 saturated heterocycles. The highest BCUT2D eigenvalue weighted by Crippen LogP contribution is 2.35. The van der Waals surface area contributed by atoms with E-state index < -0.39 is 23.5 Å². The number of amides is 1. The molecule has 0 aliphatic carbocycles. The highest BCUT2D eigenvalue weighted by atomic mass is 32.1. The number of thiazole rings is 1. The van der Waals surface area contributed by atoms with Crippen LogP contribution in [0.5, 0.6) is 0 Å². The van der Waals surface area contributed by atoms with Crippen molar-refractivity contribution in [3.8, 4) is 0 Å². The van der Waals surface area contributed by atoms with E-state index in [4.69, 9.17) is 9.47 Å². The van der Waals surface area contributed by atoms with E-state index in [9.17, 15) is 14.4 Å². The monoisotopic (exact) mass is 340 g/mol. The van der Waals surface area contributed by atoms with Crippen LogP contribution in [0.2, 0.25) is 0 Å². The van der Waals surface area contributed by atoms with Gasteiger partial charge in [-0.3, -0.25) is 9.59 Å². The maximum atomic E-state index is 12.4. The molecule has 2 rings (SSSR count). The fourth-order valence-corrected chi connectivity index (χ4v) is 3.40. The van der Waals surface area contributed by atoms with E-state index in [1.807, 2.05) is 13.8 Å². The minimum Gasteiger partial charge on any atom is -0.464 e. The molecule has 8 heteroatoms. The van der Waals surface area contributed by atoms with Crippen LogP contribution in [0.3, 0.4) is 0 Å². The number of ether oxygens (including phenoxy) is 2. The summed E-state index contributed by atoms with van der Waals surface area (Å²) in [5.41, 5.74) is -0.648. The largest absolute Gasteiger partial charge is 0.464 e. The van der Waals surface area contributed by atoms with Crippen molar-refractivity contribution < 1.29 is 23.9 Å². The normalized spacial score (nSPS) is 19.6. The molecule has 0 spiro atoms. The molecule has 0 unspecified atom stereocenters. The van der Waals surface area contributed by atoms with Gasteiger partial charge in [0.05, 0.1) is 19.4 Å². The van der Waals surface area contributed by atoms with E-state index >= 15 is 0 Å². The average Bonchev–Trinajstić information content (AvgIpc) is 2.98. The van der Waals surface area contributed by atoms with Crippen molar-refractivity contribution in [3.05, 3.63) is 10.6 Å². The molecule has 1 aliphatic rings. The Morgan fingerprint density at radius 3 is 2.57 bits per heavy atom. The number of aromatic nitrogens is 1. The van der Waals surface area contributed by atoms with Crippen molar-refractivity contribution in [2.24, 2.45) is 5.92 Å². The van der Waals surface area contributed by atoms with Crippen LogP contribution in [-0.2, 0) is 19.1 Å². The summed E-state index contributed by atoms with van der Waals surface area (Å²) in [6.45, 7) is 7.25. The SMILES string of the molecule is COC(=O)c1nc(NC(=O)[C@H]2CC(=O)OC2(C)C)sc1C(C)C.